The van der Waals surface area contributed by atoms with Crippen LogP contribution in [-0.4, -0.2) is 38.8 Å². The Morgan fingerprint density at radius 3 is 2.86 bits per heavy atom. The molecular formula is C12H18F2N4O3. The van der Waals surface area contributed by atoms with Gasteiger partial charge in [0.1, 0.15) is 18.0 Å². The lowest BCUT2D eigenvalue weighted by atomic mass is 10.00. The number of hydrogen-bond donors (Lipinski definition) is 3. The molecule has 0 saturated carbocycles. The van der Waals surface area contributed by atoms with Crippen LogP contribution in [0.25, 0.3) is 0 Å². The van der Waals surface area contributed by atoms with Crippen LogP contribution in [-0.2, 0) is 4.74 Å². The maximum absolute atomic E-state index is 14.2. The van der Waals surface area contributed by atoms with E-state index < -0.39 is 36.1 Å². The Morgan fingerprint density at radius 1 is 1.62 bits per heavy atom. The largest absolute Gasteiger partial charge is 0.384 e. The zero-order valence-electron chi connectivity index (χ0n) is 11.4. The molecule has 21 heavy (non-hydrogen) atoms. The third kappa shape index (κ3) is 2.76. The summed E-state index contributed by atoms with van der Waals surface area (Å²) in [5.74, 6) is -3.74. The summed E-state index contributed by atoms with van der Waals surface area (Å²) >= 11 is 0. The van der Waals surface area contributed by atoms with E-state index in [1.807, 2.05) is 6.92 Å². The van der Waals surface area contributed by atoms with Crippen LogP contribution in [0.2, 0.25) is 0 Å². The number of aromatic nitrogens is 2. The van der Waals surface area contributed by atoms with Crippen molar-refractivity contribution in [2.24, 2.45) is 5.73 Å². The van der Waals surface area contributed by atoms with Crippen molar-refractivity contribution in [1.29, 1.82) is 0 Å². The van der Waals surface area contributed by atoms with Gasteiger partial charge >= 0.3 is 11.6 Å². The van der Waals surface area contributed by atoms with Gasteiger partial charge in [-0.2, -0.15) is 13.8 Å². The summed E-state index contributed by atoms with van der Waals surface area (Å²) in [6.07, 6.45) is -3.17. The minimum Gasteiger partial charge on any atom is -0.384 e. The molecule has 0 bridgehead atoms. The lowest BCUT2D eigenvalue weighted by molar-refractivity contribution is -0.140. The number of halogens is 2. The molecule has 1 aromatic rings. The van der Waals surface area contributed by atoms with Gasteiger partial charge in [-0.25, -0.2) is 4.79 Å². The van der Waals surface area contributed by atoms with Crippen molar-refractivity contribution in [3.05, 3.63) is 22.7 Å². The van der Waals surface area contributed by atoms with Gasteiger partial charge in [0, 0.05) is 12.2 Å². The van der Waals surface area contributed by atoms with Crippen molar-refractivity contribution in [1.82, 2.24) is 9.55 Å². The molecule has 2 rings (SSSR count). The Balaban J connectivity index is 2.34. The number of aliphatic hydroxyl groups is 1. The molecule has 118 valence electrons. The number of anilines is 1. The number of aliphatic hydroxyl groups excluding tert-OH is 1. The summed E-state index contributed by atoms with van der Waals surface area (Å²) in [6, 6.07) is 0.449. The van der Waals surface area contributed by atoms with E-state index in [4.69, 9.17) is 16.2 Å². The normalized spacial score (nSPS) is 29.5. The van der Waals surface area contributed by atoms with E-state index >= 15 is 0 Å². The monoisotopic (exact) mass is 304 g/mol. The second kappa shape index (κ2) is 5.66. The number of nitrogen functional groups attached to an aromatic ring is 1. The first kappa shape index (κ1) is 15.8. The molecule has 1 saturated heterocycles. The summed E-state index contributed by atoms with van der Waals surface area (Å²) < 4.78 is 34.1. The average molecular weight is 304 g/mol. The van der Waals surface area contributed by atoms with Crippen molar-refractivity contribution in [2.75, 3.05) is 5.73 Å². The summed E-state index contributed by atoms with van der Waals surface area (Å²) in [5.41, 5.74) is 10.1. The van der Waals surface area contributed by atoms with Gasteiger partial charge in [0.25, 0.3) is 0 Å². The topological polar surface area (TPSA) is 116 Å². The van der Waals surface area contributed by atoms with E-state index in [0.717, 1.165) is 6.20 Å². The molecule has 1 aromatic heterocycles. The predicted molar refractivity (Wildman–Crippen MR) is 70.7 cm³/mol. The Hall–Kier alpha value is -1.58. The lowest BCUT2D eigenvalue weighted by Gasteiger charge is -2.21. The van der Waals surface area contributed by atoms with Gasteiger partial charge in [-0.3, -0.25) is 4.57 Å². The highest BCUT2D eigenvalue weighted by atomic mass is 19.3. The molecule has 9 heteroatoms. The summed E-state index contributed by atoms with van der Waals surface area (Å²) in [6.45, 7) is 1.84. The fourth-order valence-electron chi connectivity index (χ4n) is 2.37. The maximum Gasteiger partial charge on any atom is 0.351 e. The van der Waals surface area contributed by atoms with Crippen LogP contribution in [0.1, 0.15) is 26.0 Å². The summed E-state index contributed by atoms with van der Waals surface area (Å²) in [4.78, 5) is 15.0. The zero-order chi connectivity index (χ0) is 15.8. The van der Waals surface area contributed by atoms with Crippen LogP contribution in [0.15, 0.2) is 17.1 Å². The molecule has 0 amide bonds. The SMILES string of the molecule is CCCC(N)[C@H]1O[C@@H](n2ccc(N)nc2=O)C(F)(F)[C@@H]1O. The molecule has 0 radical (unpaired) electrons. The fourth-order valence-corrected chi connectivity index (χ4v) is 2.37. The van der Waals surface area contributed by atoms with Crippen molar-refractivity contribution >= 4 is 5.82 Å². The van der Waals surface area contributed by atoms with Crippen LogP contribution >= 0.6 is 0 Å². The Bertz CT molecular complexity index is 566. The van der Waals surface area contributed by atoms with Gasteiger partial charge in [0.15, 0.2) is 0 Å². The smallest absolute Gasteiger partial charge is 0.351 e. The lowest BCUT2D eigenvalue weighted by Crippen LogP contribution is -2.46. The number of nitrogens with zero attached hydrogens (tertiary/aromatic N) is 2. The first-order valence-electron chi connectivity index (χ1n) is 6.60. The fraction of sp³-hybridized carbons (Fsp3) is 0.667. The molecule has 0 spiro atoms. The van der Waals surface area contributed by atoms with Crippen LogP contribution in [0.3, 0.4) is 0 Å². The van der Waals surface area contributed by atoms with Crippen molar-refractivity contribution in [2.45, 2.75) is 50.2 Å². The first-order valence-corrected chi connectivity index (χ1v) is 6.60. The van der Waals surface area contributed by atoms with E-state index in [-0.39, 0.29) is 5.82 Å². The molecule has 5 N–H and O–H groups in total. The third-order valence-electron chi connectivity index (χ3n) is 3.47. The standard InChI is InChI=1S/C12H18F2N4O3/c1-2-3-6(15)8-9(19)12(13,14)10(21-8)18-5-4-7(16)17-11(18)20/h4-6,8-10,19H,2-3,15H2,1H3,(H2,16,17,20)/t6?,8-,9-,10-/m1/s1. The number of alkyl halides is 2. The summed E-state index contributed by atoms with van der Waals surface area (Å²) in [5, 5.41) is 9.78. The zero-order valence-corrected chi connectivity index (χ0v) is 11.4. The number of nitrogens with two attached hydrogens (primary N) is 2. The third-order valence-corrected chi connectivity index (χ3v) is 3.47. The quantitative estimate of drug-likeness (QED) is 0.712. The molecule has 7 nitrogen and oxygen atoms in total. The Kier molecular flexibility index (Phi) is 4.26. The van der Waals surface area contributed by atoms with Gasteiger partial charge in [-0.15, -0.1) is 0 Å². The number of rotatable bonds is 4. The van der Waals surface area contributed by atoms with E-state index in [1.165, 1.54) is 6.07 Å². The Labute approximate surface area is 119 Å². The minimum atomic E-state index is -3.66. The van der Waals surface area contributed by atoms with E-state index in [1.54, 1.807) is 0 Å². The average Bonchev–Trinajstić information content (AvgIpc) is 2.62. The molecule has 0 aromatic carbocycles. The molecular weight excluding hydrogens is 286 g/mol. The van der Waals surface area contributed by atoms with Gasteiger partial charge in [0.05, 0.1) is 0 Å². The highest BCUT2D eigenvalue weighted by Gasteiger charge is 2.60. The van der Waals surface area contributed by atoms with Gasteiger partial charge in [0.2, 0.25) is 6.23 Å². The van der Waals surface area contributed by atoms with E-state index in [2.05, 4.69) is 4.98 Å². The molecule has 0 aliphatic carbocycles. The highest BCUT2D eigenvalue weighted by molar-refractivity contribution is 5.23. The van der Waals surface area contributed by atoms with Crippen molar-refractivity contribution in [3.63, 3.8) is 0 Å². The minimum absolute atomic E-state index is 0.0858. The maximum atomic E-state index is 14.2. The molecule has 1 aliphatic rings. The van der Waals surface area contributed by atoms with Gasteiger partial charge in [-0.1, -0.05) is 13.3 Å². The molecule has 1 fully saturated rings. The number of hydrogen-bond acceptors (Lipinski definition) is 6. The van der Waals surface area contributed by atoms with Crippen molar-refractivity contribution in [3.8, 4) is 0 Å². The van der Waals surface area contributed by atoms with E-state index in [0.29, 0.717) is 17.4 Å². The van der Waals surface area contributed by atoms with Crippen molar-refractivity contribution < 1.29 is 18.6 Å². The molecule has 1 unspecified atom stereocenters. The van der Waals surface area contributed by atoms with Gasteiger partial charge in [-0.05, 0) is 12.5 Å². The summed E-state index contributed by atoms with van der Waals surface area (Å²) in [7, 11) is 0. The second-order valence-electron chi connectivity index (χ2n) is 5.07. The molecule has 1 aliphatic heterocycles. The predicted octanol–water partition coefficient (Wildman–Crippen LogP) is -0.154. The van der Waals surface area contributed by atoms with Crippen LogP contribution < -0.4 is 17.2 Å². The second-order valence-corrected chi connectivity index (χ2v) is 5.07. The van der Waals surface area contributed by atoms with Crippen LogP contribution in [0, 0.1) is 0 Å². The van der Waals surface area contributed by atoms with Crippen LogP contribution in [0.4, 0.5) is 14.6 Å². The molecule has 2 heterocycles. The Morgan fingerprint density at radius 2 is 2.29 bits per heavy atom. The van der Waals surface area contributed by atoms with E-state index in [9.17, 15) is 18.7 Å². The van der Waals surface area contributed by atoms with Crippen LogP contribution in [0.5, 0.6) is 0 Å². The molecule has 4 atom stereocenters. The number of ether oxygens (including phenoxy) is 1. The highest BCUT2D eigenvalue weighted by Crippen LogP contribution is 2.43. The first-order chi connectivity index (χ1) is 9.78. The van der Waals surface area contributed by atoms with Gasteiger partial charge < -0.3 is 21.3 Å².